The highest BCUT2D eigenvalue weighted by Gasteiger charge is 2.18. The van der Waals surface area contributed by atoms with Gasteiger partial charge >= 0.3 is 11.9 Å². The topological polar surface area (TPSA) is 114 Å². The highest BCUT2D eigenvalue weighted by Crippen LogP contribution is 1.92. The molecule has 0 fully saturated rings. The molecule has 6 heteroatoms. The van der Waals surface area contributed by atoms with Gasteiger partial charge in [0.15, 0.2) is 6.04 Å². The first kappa shape index (κ1) is 9.86. The van der Waals surface area contributed by atoms with Crippen LogP contribution in [0.2, 0.25) is 0 Å². The molecular formula is C5H9NO5. The van der Waals surface area contributed by atoms with E-state index in [0.29, 0.717) is 0 Å². The standard InChI is InChI=1S/C5H9NO5/c7-4(8)2-1-3(6-11)5(9)10/h3H,1-2,6H2,(H,7,8)(H,9,10)/t3-/m0/s1. The zero-order valence-corrected chi connectivity index (χ0v) is 5.69. The van der Waals surface area contributed by atoms with Gasteiger partial charge in [-0.25, -0.2) is 4.79 Å². The van der Waals surface area contributed by atoms with Crippen LogP contribution < -0.4 is 5.48 Å². The van der Waals surface area contributed by atoms with Gasteiger partial charge in [-0.3, -0.25) is 4.79 Å². The van der Waals surface area contributed by atoms with E-state index in [-0.39, 0.29) is 18.3 Å². The van der Waals surface area contributed by atoms with E-state index in [1.165, 1.54) is 0 Å². The molecule has 0 rings (SSSR count). The lowest BCUT2D eigenvalue weighted by molar-refractivity contribution is -0.615. The van der Waals surface area contributed by atoms with Gasteiger partial charge in [0.05, 0.1) is 6.42 Å². The summed E-state index contributed by atoms with van der Waals surface area (Å²) in [6, 6.07) is -1.19. The Morgan fingerprint density at radius 1 is 1.45 bits per heavy atom. The summed E-state index contributed by atoms with van der Waals surface area (Å²) in [6.07, 6.45) is -0.441. The van der Waals surface area contributed by atoms with Crippen LogP contribution in [0, 0.1) is 5.21 Å². The fourth-order valence-electron chi connectivity index (χ4n) is 0.529. The van der Waals surface area contributed by atoms with Crippen molar-refractivity contribution in [1.82, 2.24) is 0 Å². The molecule has 0 unspecified atom stereocenters. The highest BCUT2D eigenvalue weighted by molar-refractivity contribution is 5.73. The maximum Gasteiger partial charge on any atom is 0.362 e. The predicted octanol–water partition coefficient (Wildman–Crippen LogP) is -1.63. The van der Waals surface area contributed by atoms with Crippen molar-refractivity contribution in [3.05, 3.63) is 5.21 Å². The zero-order chi connectivity index (χ0) is 8.85. The summed E-state index contributed by atoms with van der Waals surface area (Å²) in [6.45, 7) is 0. The van der Waals surface area contributed by atoms with Crippen molar-refractivity contribution in [2.45, 2.75) is 18.9 Å². The molecule has 0 amide bonds. The second kappa shape index (κ2) is 4.64. The summed E-state index contributed by atoms with van der Waals surface area (Å²) < 4.78 is 0. The normalized spacial score (nSPS) is 12.5. The van der Waals surface area contributed by atoms with E-state index < -0.39 is 18.0 Å². The van der Waals surface area contributed by atoms with Gasteiger partial charge in [-0.2, -0.15) is 0 Å². The van der Waals surface area contributed by atoms with Crippen LogP contribution in [0.4, 0.5) is 0 Å². The second-order valence-corrected chi connectivity index (χ2v) is 2.01. The van der Waals surface area contributed by atoms with E-state index in [0.717, 1.165) is 0 Å². The van der Waals surface area contributed by atoms with Crippen molar-refractivity contribution in [3.63, 3.8) is 0 Å². The smallest absolute Gasteiger partial charge is 0.362 e. The Labute approximate surface area is 62.4 Å². The molecule has 0 heterocycles. The lowest BCUT2D eigenvalue weighted by atomic mass is 10.2. The molecule has 0 aliphatic rings. The fourth-order valence-corrected chi connectivity index (χ4v) is 0.529. The summed E-state index contributed by atoms with van der Waals surface area (Å²) in [5, 5.41) is 26.4. The van der Waals surface area contributed by atoms with E-state index in [9.17, 15) is 14.8 Å². The molecule has 0 aliphatic heterocycles. The lowest BCUT2D eigenvalue weighted by Gasteiger charge is -2.10. The van der Waals surface area contributed by atoms with Gasteiger partial charge < -0.3 is 20.9 Å². The summed E-state index contributed by atoms with van der Waals surface area (Å²) in [4.78, 5) is 20.1. The Morgan fingerprint density at radius 2 is 2.00 bits per heavy atom. The summed E-state index contributed by atoms with van der Waals surface area (Å²) >= 11 is 0. The zero-order valence-electron chi connectivity index (χ0n) is 5.69. The molecule has 0 aromatic rings. The number of carbonyl (C=O) groups is 2. The SMILES string of the molecule is O=C(O)CC[C@H]([NH2+][O-])C(=O)O. The van der Waals surface area contributed by atoms with E-state index in [1.807, 2.05) is 0 Å². The molecule has 0 saturated carbocycles. The van der Waals surface area contributed by atoms with Crippen molar-refractivity contribution >= 4 is 11.9 Å². The van der Waals surface area contributed by atoms with Crippen molar-refractivity contribution < 1.29 is 25.3 Å². The molecule has 0 saturated heterocycles. The van der Waals surface area contributed by atoms with Gasteiger partial charge in [-0.15, -0.1) is 0 Å². The number of hydrogen-bond acceptors (Lipinski definition) is 3. The van der Waals surface area contributed by atoms with Gasteiger partial charge in [-0.1, -0.05) is 0 Å². The van der Waals surface area contributed by atoms with Crippen LogP contribution in [0.3, 0.4) is 0 Å². The largest absolute Gasteiger partial charge is 0.635 e. The molecule has 4 N–H and O–H groups in total. The fraction of sp³-hybridized carbons (Fsp3) is 0.600. The lowest BCUT2D eigenvalue weighted by Crippen LogP contribution is -2.86. The molecular weight excluding hydrogens is 154 g/mol. The van der Waals surface area contributed by atoms with Crippen molar-refractivity contribution in [1.29, 1.82) is 0 Å². The Balaban J connectivity index is 3.70. The number of aliphatic carboxylic acids is 2. The van der Waals surface area contributed by atoms with Crippen LogP contribution >= 0.6 is 0 Å². The van der Waals surface area contributed by atoms with Crippen molar-refractivity contribution in [2.75, 3.05) is 0 Å². The maximum atomic E-state index is 10.1. The minimum absolute atomic E-state index is 0.145. The number of hydrogen-bond donors (Lipinski definition) is 3. The number of carboxylic acids is 2. The van der Waals surface area contributed by atoms with Crippen LogP contribution in [-0.4, -0.2) is 28.2 Å². The number of quaternary nitrogens is 1. The third kappa shape index (κ3) is 4.29. The number of nitrogens with two attached hydrogens (primary N) is 1. The monoisotopic (exact) mass is 163 g/mol. The molecule has 0 aromatic carbocycles. The molecule has 64 valence electrons. The van der Waals surface area contributed by atoms with Crippen molar-refractivity contribution in [3.8, 4) is 0 Å². The maximum absolute atomic E-state index is 10.1. The molecule has 0 aliphatic carbocycles. The van der Waals surface area contributed by atoms with E-state index in [4.69, 9.17) is 10.2 Å². The van der Waals surface area contributed by atoms with Gasteiger partial charge in [-0.05, 0) is 0 Å². The number of carboxylic acid groups (broad SMARTS) is 2. The molecule has 11 heavy (non-hydrogen) atoms. The minimum Gasteiger partial charge on any atom is -0.635 e. The van der Waals surface area contributed by atoms with Crippen molar-refractivity contribution in [2.24, 2.45) is 0 Å². The van der Waals surface area contributed by atoms with E-state index >= 15 is 0 Å². The Morgan fingerprint density at radius 3 is 2.27 bits per heavy atom. The summed E-state index contributed by atoms with van der Waals surface area (Å²) in [5.74, 6) is -2.38. The predicted molar refractivity (Wildman–Crippen MR) is 33.6 cm³/mol. The number of hydroxylamine groups is 1. The summed E-state index contributed by atoms with van der Waals surface area (Å²) in [7, 11) is 0. The first-order valence-electron chi connectivity index (χ1n) is 2.97. The molecule has 0 aromatic heterocycles. The molecule has 6 nitrogen and oxygen atoms in total. The van der Waals surface area contributed by atoms with Gasteiger partial charge in [0.25, 0.3) is 0 Å². The summed E-state index contributed by atoms with van der Waals surface area (Å²) in [5.41, 5.74) is 0.241. The number of rotatable bonds is 5. The van der Waals surface area contributed by atoms with Crippen LogP contribution in [-0.2, 0) is 9.59 Å². The van der Waals surface area contributed by atoms with Crippen LogP contribution in [0.5, 0.6) is 0 Å². The molecule has 0 spiro atoms. The van der Waals surface area contributed by atoms with Gasteiger partial charge in [0.2, 0.25) is 0 Å². The van der Waals surface area contributed by atoms with E-state index in [1.54, 1.807) is 0 Å². The first-order chi connectivity index (χ1) is 5.07. The molecule has 0 radical (unpaired) electrons. The van der Waals surface area contributed by atoms with Crippen LogP contribution in [0.1, 0.15) is 12.8 Å². The minimum atomic E-state index is -1.28. The third-order valence-electron chi connectivity index (χ3n) is 1.15. The van der Waals surface area contributed by atoms with Gasteiger partial charge in [0, 0.05) is 6.42 Å². The second-order valence-electron chi connectivity index (χ2n) is 2.01. The quantitative estimate of drug-likeness (QED) is 0.421. The average molecular weight is 163 g/mol. The molecule has 0 bridgehead atoms. The van der Waals surface area contributed by atoms with E-state index in [2.05, 4.69) is 0 Å². The first-order valence-corrected chi connectivity index (χ1v) is 2.97. The Hall–Kier alpha value is -1.14. The van der Waals surface area contributed by atoms with Crippen LogP contribution in [0.25, 0.3) is 0 Å². The third-order valence-corrected chi connectivity index (χ3v) is 1.15. The average Bonchev–Trinajstić information content (AvgIpc) is 1.87. The van der Waals surface area contributed by atoms with Crippen LogP contribution in [0.15, 0.2) is 0 Å². The Kier molecular flexibility index (Phi) is 4.16. The highest BCUT2D eigenvalue weighted by atomic mass is 16.5. The molecule has 1 atom stereocenters. The van der Waals surface area contributed by atoms with Gasteiger partial charge in [0.1, 0.15) is 0 Å². The Bertz CT molecular complexity index is 157.